The van der Waals surface area contributed by atoms with Crippen LogP contribution in [0.25, 0.3) is 10.6 Å². The number of fused-ring (bicyclic) bond motifs is 3. The Morgan fingerprint density at radius 1 is 1.30 bits per heavy atom. The number of nitrogens with one attached hydrogen (secondary N) is 1. The second kappa shape index (κ2) is 8.46. The first-order chi connectivity index (χ1) is 12.9. The zero-order chi connectivity index (χ0) is 19.4. The number of nitrogens with zero attached hydrogens (tertiary/aromatic N) is 2. The normalized spacial score (nSPS) is 24.2. The highest BCUT2D eigenvalue weighted by atomic mass is 32.1. The van der Waals surface area contributed by atoms with Gasteiger partial charge in [0.1, 0.15) is 10.8 Å². The number of carboxylic acid groups (broad SMARTS) is 1. The molecule has 3 saturated heterocycles. The molecule has 0 unspecified atom stereocenters. The van der Waals surface area contributed by atoms with Crippen molar-refractivity contribution >= 4 is 17.8 Å². The van der Waals surface area contributed by atoms with E-state index in [0.29, 0.717) is 6.04 Å². The van der Waals surface area contributed by atoms with E-state index >= 15 is 0 Å². The summed E-state index contributed by atoms with van der Waals surface area (Å²) in [5, 5.41) is 13.8. The van der Waals surface area contributed by atoms with Gasteiger partial charge in [-0.15, -0.1) is 11.3 Å². The Kier molecular flexibility index (Phi) is 6.24. The fourth-order valence-corrected chi connectivity index (χ4v) is 4.95. The third kappa shape index (κ3) is 4.72. The minimum absolute atomic E-state index is 0.155. The molecule has 3 aliphatic heterocycles. The Morgan fingerprint density at radius 2 is 1.93 bits per heavy atom. The van der Waals surface area contributed by atoms with Gasteiger partial charge in [-0.2, -0.15) is 0 Å². The van der Waals surface area contributed by atoms with Crippen molar-refractivity contribution in [3.05, 3.63) is 41.2 Å². The molecule has 0 amide bonds. The van der Waals surface area contributed by atoms with E-state index in [1.807, 2.05) is 0 Å². The molecule has 5 rings (SSSR count). The summed E-state index contributed by atoms with van der Waals surface area (Å²) in [4.78, 5) is 15.8. The number of aromatic nitrogens is 1. The molecular weight excluding hydrogens is 365 g/mol. The maximum Gasteiger partial charge on any atom is 0.290 e. The highest BCUT2D eigenvalue weighted by Crippen LogP contribution is 2.33. The second-order valence-corrected chi connectivity index (χ2v) is 8.52. The molecule has 1 aromatic carbocycles. The summed E-state index contributed by atoms with van der Waals surface area (Å²) in [7, 11) is 0. The number of halogens is 1. The van der Waals surface area contributed by atoms with Crippen molar-refractivity contribution in [2.75, 3.05) is 19.6 Å². The highest BCUT2D eigenvalue weighted by molar-refractivity contribution is 7.13. The number of hydrogen-bond donors (Lipinski definition) is 2. The third-order valence-electron chi connectivity index (χ3n) is 5.44. The predicted molar refractivity (Wildman–Crippen MR) is 105 cm³/mol. The molecule has 4 heterocycles. The number of carbonyl (C=O) groups is 1. The van der Waals surface area contributed by atoms with Crippen LogP contribution >= 0.6 is 11.3 Å². The SMILES string of the molecule is CC(C)(N[C@@H]1CN2CCC1CC2)c1csc(-c2ccc(F)cc2)n1.O=CO. The Morgan fingerprint density at radius 3 is 2.48 bits per heavy atom. The lowest BCUT2D eigenvalue weighted by Gasteiger charge is -2.47. The molecule has 1 atom stereocenters. The first-order valence-electron chi connectivity index (χ1n) is 9.23. The average molecular weight is 392 g/mol. The molecule has 0 aliphatic carbocycles. The van der Waals surface area contributed by atoms with E-state index in [1.165, 1.54) is 38.1 Å². The van der Waals surface area contributed by atoms with Crippen molar-refractivity contribution in [2.24, 2.45) is 5.92 Å². The zero-order valence-electron chi connectivity index (χ0n) is 15.7. The smallest absolute Gasteiger partial charge is 0.290 e. The summed E-state index contributed by atoms with van der Waals surface area (Å²) in [6.45, 7) is 7.86. The van der Waals surface area contributed by atoms with Crippen LogP contribution in [-0.4, -0.2) is 47.1 Å². The molecule has 0 saturated carbocycles. The van der Waals surface area contributed by atoms with Crippen molar-refractivity contribution in [1.82, 2.24) is 15.2 Å². The van der Waals surface area contributed by atoms with Crippen LogP contribution in [0.5, 0.6) is 0 Å². The summed E-state index contributed by atoms with van der Waals surface area (Å²) >= 11 is 1.63. The predicted octanol–water partition coefficient (Wildman–Crippen LogP) is 3.57. The lowest BCUT2D eigenvalue weighted by Crippen LogP contribution is -2.59. The molecule has 2 aromatic rings. The molecular formula is C20H26FN3O2S. The fraction of sp³-hybridized carbons (Fsp3) is 0.500. The maximum absolute atomic E-state index is 13.1. The molecule has 3 aliphatic rings. The Balaban J connectivity index is 0.000000659. The summed E-state index contributed by atoms with van der Waals surface area (Å²) in [5.74, 6) is 0.587. The van der Waals surface area contributed by atoms with Gasteiger partial charge in [-0.1, -0.05) is 0 Å². The lowest BCUT2D eigenvalue weighted by molar-refractivity contribution is -0.122. The van der Waals surface area contributed by atoms with Gasteiger partial charge in [0.25, 0.3) is 6.47 Å². The topological polar surface area (TPSA) is 65.5 Å². The van der Waals surface area contributed by atoms with Gasteiger partial charge in [0, 0.05) is 23.5 Å². The van der Waals surface area contributed by atoms with Crippen molar-refractivity contribution in [1.29, 1.82) is 0 Å². The molecule has 0 radical (unpaired) electrons. The van der Waals surface area contributed by atoms with Crippen LogP contribution in [-0.2, 0) is 10.3 Å². The van der Waals surface area contributed by atoms with E-state index in [-0.39, 0.29) is 17.8 Å². The quantitative estimate of drug-likeness (QED) is 0.780. The number of benzene rings is 1. The van der Waals surface area contributed by atoms with E-state index < -0.39 is 0 Å². The molecule has 7 heteroatoms. The van der Waals surface area contributed by atoms with Crippen LogP contribution in [0.15, 0.2) is 29.6 Å². The van der Waals surface area contributed by atoms with Gasteiger partial charge in [0.15, 0.2) is 0 Å². The minimum atomic E-state index is -0.250. The van der Waals surface area contributed by atoms with Crippen LogP contribution in [0, 0.1) is 11.7 Å². The molecule has 1 aromatic heterocycles. The van der Waals surface area contributed by atoms with Crippen LogP contribution in [0.2, 0.25) is 0 Å². The fourth-order valence-electron chi connectivity index (χ4n) is 3.95. The average Bonchev–Trinajstić information content (AvgIpc) is 3.15. The van der Waals surface area contributed by atoms with Crippen LogP contribution < -0.4 is 5.32 Å². The summed E-state index contributed by atoms with van der Waals surface area (Å²) in [6, 6.07) is 7.14. The molecule has 5 nitrogen and oxygen atoms in total. The van der Waals surface area contributed by atoms with E-state index in [2.05, 4.69) is 29.4 Å². The highest BCUT2D eigenvalue weighted by Gasteiger charge is 2.37. The first kappa shape index (κ1) is 19.9. The van der Waals surface area contributed by atoms with Gasteiger partial charge < -0.3 is 15.3 Å². The summed E-state index contributed by atoms with van der Waals surface area (Å²) in [6.07, 6.45) is 2.62. The lowest BCUT2D eigenvalue weighted by atomic mass is 9.82. The van der Waals surface area contributed by atoms with Gasteiger partial charge in [-0.05, 0) is 70.0 Å². The van der Waals surface area contributed by atoms with Crippen LogP contribution in [0.4, 0.5) is 4.39 Å². The maximum atomic E-state index is 13.1. The Bertz CT molecular complexity index is 755. The second-order valence-electron chi connectivity index (χ2n) is 7.66. The standard InChI is InChI=1S/C19H24FN3S.CH2O2/c1-19(2,22-16-11-23-9-7-13(16)8-10-23)17-12-24-18(21-17)14-3-5-15(20)6-4-14;2-1-3/h3-6,12-13,16,22H,7-11H2,1-2H3;1H,(H,2,3)/t16-;/m1./s1. The summed E-state index contributed by atoms with van der Waals surface area (Å²) < 4.78 is 13.1. The number of piperidine rings is 3. The van der Waals surface area contributed by atoms with E-state index in [9.17, 15) is 4.39 Å². The summed E-state index contributed by atoms with van der Waals surface area (Å²) in [5.41, 5.74) is 1.90. The Labute approximate surface area is 163 Å². The van der Waals surface area contributed by atoms with Crippen molar-refractivity contribution in [3.8, 4) is 10.6 Å². The third-order valence-corrected chi connectivity index (χ3v) is 6.33. The van der Waals surface area contributed by atoms with E-state index in [4.69, 9.17) is 14.9 Å². The van der Waals surface area contributed by atoms with Gasteiger partial charge >= 0.3 is 0 Å². The van der Waals surface area contributed by atoms with Crippen LogP contribution in [0.1, 0.15) is 32.4 Å². The van der Waals surface area contributed by atoms with Gasteiger partial charge in [0.2, 0.25) is 0 Å². The zero-order valence-corrected chi connectivity index (χ0v) is 16.5. The molecule has 2 N–H and O–H groups in total. The largest absolute Gasteiger partial charge is 0.483 e. The monoisotopic (exact) mass is 391 g/mol. The molecule has 2 bridgehead atoms. The van der Waals surface area contributed by atoms with Crippen molar-refractivity contribution in [2.45, 2.75) is 38.3 Å². The van der Waals surface area contributed by atoms with E-state index in [1.54, 1.807) is 23.5 Å². The van der Waals surface area contributed by atoms with Gasteiger partial charge in [0.05, 0.1) is 11.2 Å². The molecule has 0 spiro atoms. The minimum Gasteiger partial charge on any atom is -0.483 e. The molecule has 27 heavy (non-hydrogen) atoms. The molecule has 3 fully saturated rings. The number of hydrogen-bond acceptors (Lipinski definition) is 5. The number of rotatable bonds is 4. The van der Waals surface area contributed by atoms with Gasteiger partial charge in [-0.25, -0.2) is 9.37 Å². The van der Waals surface area contributed by atoms with Gasteiger partial charge in [-0.3, -0.25) is 4.79 Å². The number of thiazole rings is 1. The Hall–Kier alpha value is -1.83. The van der Waals surface area contributed by atoms with Crippen molar-refractivity contribution < 1.29 is 14.3 Å². The van der Waals surface area contributed by atoms with Crippen molar-refractivity contribution in [3.63, 3.8) is 0 Å². The molecule has 146 valence electrons. The van der Waals surface area contributed by atoms with Crippen LogP contribution in [0.3, 0.4) is 0 Å². The first-order valence-corrected chi connectivity index (χ1v) is 10.1. The van der Waals surface area contributed by atoms with E-state index in [0.717, 1.165) is 28.7 Å².